The Bertz CT molecular complexity index is 962. The summed E-state index contributed by atoms with van der Waals surface area (Å²) in [4.78, 5) is 16.5. The van der Waals surface area contributed by atoms with E-state index in [1.165, 1.54) is 0 Å². The van der Waals surface area contributed by atoms with E-state index in [2.05, 4.69) is 27.3 Å². The minimum Gasteiger partial charge on any atom is -0.301 e. The van der Waals surface area contributed by atoms with Gasteiger partial charge in [0, 0.05) is 29.5 Å². The molecule has 1 aliphatic rings. The number of hydrogen-bond acceptors (Lipinski definition) is 2. The van der Waals surface area contributed by atoms with E-state index in [9.17, 15) is 4.79 Å². The molecule has 1 aromatic heterocycles. The van der Waals surface area contributed by atoms with Crippen LogP contribution in [-0.4, -0.2) is 16.4 Å². The van der Waals surface area contributed by atoms with Gasteiger partial charge in [-0.15, -0.1) is 0 Å². The van der Waals surface area contributed by atoms with Gasteiger partial charge in [-0.3, -0.25) is 14.9 Å². The highest BCUT2D eigenvalue weighted by Crippen LogP contribution is 2.32. The Labute approximate surface area is 133 Å². The molecule has 2 N–H and O–H groups in total. The number of allylic oxidation sites excluding steroid dienone is 1. The summed E-state index contributed by atoms with van der Waals surface area (Å²) in [5, 5.41) is 5.68. The van der Waals surface area contributed by atoms with Crippen LogP contribution in [0.15, 0.2) is 64.4 Å². The second-order valence-corrected chi connectivity index (χ2v) is 5.51. The Morgan fingerprint density at radius 2 is 1.74 bits per heavy atom. The average Bonchev–Trinajstić information content (AvgIpc) is 3.15. The van der Waals surface area contributed by atoms with Crippen molar-refractivity contribution in [1.82, 2.24) is 10.2 Å². The highest BCUT2D eigenvalue weighted by atomic mass is 16.1. The van der Waals surface area contributed by atoms with Gasteiger partial charge in [-0.25, -0.2) is 0 Å². The smallest absolute Gasteiger partial charge is 0.271 e. The van der Waals surface area contributed by atoms with E-state index >= 15 is 0 Å². The Morgan fingerprint density at radius 3 is 2.61 bits per heavy atom. The van der Waals surface area contributed by atoms with Gasteiger partial charge in [0.1, 0.15) is 0 Å². The molecule has 0 radical (unpaired) electrons. The van der Waals surface area contributed by atoms with Crippen LogP contribution >= 0.6 is 0 Å². The maximum absolute atomic E-state index is 12.2. The molecule has 3 aromatic rings. The van der Waals surface area contributed by atoms with Crippen molar-refractivity contribution in [2.45, 2.75) is 6.42 Å². The topological polar surface area (TPSA) is 61.0 Å². The van der Waals surface area contributed by atoms with Crippen LogP contribution in [0.5, 0.6) is 0 Å². The molecule has 0 spiro atoms. The third-order valence-corrected chi connectivity index (χ3v) is 3.98. The first kappa shape index (κ1) is 13.5. The summed E-state index contributed by atoms with van der Waals surface area (Å²) in [6.07, 6.45) is 4.39. The largest absolute Gasteiger partial charge is 0.301 e. The van der Waals surface area contributed by atoms with Gasteiger partial charge in [0.2, 0.25) is 0 Å². The van der Waals surface area contributed by atoms with Gasteiger partial charge >= 0.3 is 0 Å². The molecule has 0 saturated carbocycles. The molecule has 2 aromatic carbocycles. The summed E-state index contributed by atoms with van der Waals surface area (Å²) in [7, 11) is 0. The SMILES string of the molecule is O=c1[nH][nH]c(Cc2ccccc2)c1C=C1C=Nc2ccccc21. The van der Waals surface area contributed by atoms with Gasteiger partial charge in [-0.1, -0.05) is 48.5 Å². The molecule has 0 atom stereocenters. The van der Waals surface area contributed by atoms with E-state index in [0.29, 0.717) is 12.0 Å². The lowest BCUT2D eigenvalue weighted by molar-refractivity contribution is 0.982. The van der Waals surface area contributed by atoms with Crippen molar-refractivity contribution in [3.63, 3.8) is 0 Å². The summed E-state index contributed by atoms with van der Waals surface area (Å²) in [5.74, 6) is 0. The predicted octanol–water partition coefficient (Wildman–Crippen LogP) is 3.55. The normalized spacial score (nSPS) is 14.3. The van der Waals surface area contributed by atoms with Crippen LogP contribution in [0.1, 0.15) is 22.4 Å². The molecule has 4 nitrogen and oxygen atoms in total. The Balaban J connectivity index is 1.74. The zero-order valence-corrected chi connectivity index (χ0v) is 12.4. The minimum absolute atomic E-state index is 0.110. The standard InChI is InChI=1S/C19H15N3O/c23-19-16(11-14-12-20-17-9-5-4-8-15(14)17)18(21-22-19)10-13-6-2-1-3-7-13/h1-9,11-12H,10H2,(H2,21,22,23). The summed E-state index contributed by atoms with van der Waals surface area (Å²) in [6.45, 7) is 0. The fourth-order valence-corrected chi connectivity index (χ4v) is 2.81. The summed E-state index contributed by atoms with van der Waals surface area (Å²) in [6, 6.07) is 18.0. The van der Waals surface area contributed by atoms with Crippen LogP contribution < -0.4 is 5.56 Å². The van der Waals surface area contributed by atoms with Gasteiger partial charge in [-0.05, 0) is 17.7 Å². The first-order valence-corrected chi connectivity index (χ1v) is 7.50. The molecule has 1 aliphatic heterocycles. The van der Waals surface area contributed by atoms with Crippen LogP contribution in [-0.2, 0) is 6.42 Å². The number of para-hydroxylation sites is 1. The molecule has 0 unspecified atom stereocenters. The van der Waals surface area contributed by atoms with E-state index in [-0.39, 0.29) is 5.56 Å². The maximum Gasteiger partial charge on any atom is 0.271 e. The number of nitrogens with zero attached hydrogens (tertiary/aromatic N) is 1. The molecule has 0 bridgehead atoms. The van der Waals surface area contributed by atoms with Crippen LogP contribution in [0, 0.1) is 0 Å². The molecule has 4 rings (SSSR count). The van der Waals surface area contributed by atoms with Crippen molar-refractivity contribution in [3.8, 4) is 0 Å². The number of fused-ring (bicyclic) bond motifs is 1. The van der Waals surface area contributed by atoms with Crippen LogP contribution in [0.25, 0.3) is 11.6 Å². The highest BCUT2D eigenvalue weighted by Gasteiger charge is 2.14. The zero-order chi connectivity index (χ0) is 15.6. The fourth-order valence-electron chi connectivity index (χ4n) is 2.81. The number of hydrogen-bond donors (Lipinski definition) is 2. The number of aromatic nitrogens is 2. The average molecular weight is 301 g/mol. The molecule has 2 heterocycles. The lowest BCUT2D eigenvalue weighted by Gasteiger charge is -2.01. The minimum atomic E-state index is -0.110. The van der Waals surface area contributed by atoms with Crippen molar-refractivity contribution < 1.29 is 0 Å². The van der Waals surface area contributed by atoms with E-state index < -0.39 is 0 Å². The molecule has 0 amide bonds. The van der Waals surface area contributed by atoms with Crippen LogP contribution in [0.4, 0.5) is 5.69 Å². The molecule has 4 heteroatoms. The number of aliphatic imine (C=N–C) groups is 1. The number of rotatable bonds is 3. The van der Waals surface area contributed by atoms with Crippen molar-refractivity contribution >= 4 is 23.6 Å². The van der Waals surface area contributed by atoms with Crippen molar-refractivity contribution in [2.24, 2.45) is 4.99 Å². The Hall–Kier alpha value is -3.14. The van der Waals surface area contributed by atoms with E-state index in [1.54, 1.807) is 0 Å². The molecular weight excluding hydrogens is 286 g/mol. The molecule has 23 heavy (non-hydrogen) atoms. The zero-order valence-electron chi connectivity index (χ0n) is 12.4. The summed E-state index contributed by atoms with van der Waals surface area (Å²) < 4.78 is 0. The lowest BCUT2D eigenvalue weighted by atomic mass is 10.0. The van der Waals surface area contributed by atoms with Crippen molar-refractivity contribution in [1.29, 1.82) is 0 Å². The van der Waals surface area contributed by atoms with Gasteiger partial charge < -0.3 is 5.10 Å². The van der Waals surface area contributed by atoms with E-state index in [4.69, 9.17) is 0 Å². The molecule has 112 valence electrons. The van der Waals surface area contributed by atoms with E-state index in [0.717, 1.165) is 28.1 Å². The second kappa shape index (κ2) is 5.57. The molecular formula is C19H15N3O. The third kappa shape index (κ3) is 2.55. The lowest BCUT2D eigenvalue weighted by Crippen LogP contribution is -2.03. The number of H-pyrrole nitrogens is 2. The van der Waals surface area contributed by atoms with Crippen LogP contribution in [0.3, 0.4) is 0 Å². The maximum atomic E-state index is 12.2. The van der Waals surface area contributed by atoms with Gasteiger partial charge in [0.25, 0.3) is 5.56 Å². The quantitative estimate of drug-likeness (QED) is 0.763. The Morgan fingerprint density at radius 1 is 0.957 bits per heavy atom. The third-order valence-electron chi connectivity index (χ3n) is 3.98. The first-order chi connectivity index (χ1) is 11.3. The second-order valence-electron chi connectivity index (χ2n) is 5.51. The van der Waals surface area contributed by atoms with E-state index in [1.807, 2.05) is 54.8 Å². The van der Waals surface area contributed by atoms with Gasteiger partial charge in [-0.2, -0.15) is 0 Å². The number of aromatic amines is 2. The first-order valence-electron chi connectivity index (χ1n) is 7.50. The summed E-state index contributed by atoms with van der Waals surface area (Å²) in [5.41, 5.74) is 5.54. The van der Waals surface area contributed by atoms with Gasteiger partial charge in [0.05, 0.1) is 11.3 Å². The summed E-state index contributed by atoms with van der Waals surface area (Å²) >= 11 is 0. The number of nitrogens with one attached hydrogen (secondary N) is 2. The Kier molecular flexibility index (Phi) is 3.27. The monoisotopic (exact) mass is 301 g/mol. The fraction of sp³-hybridized carbons (Fsp3) is 0.0526. The molecule has 0 aliphatic carbocycles. The van der Waals surface area contributed by atoms with Crippen molar-refractivity contribution in [3.05, 3.63) is 87.3 Å². The predicted molar refractivity (Wildman–Crippen MR) is 93.1 cm³/mol. The molecule has 0 fully saturated rings. The number of benzene rings is 2. The van der Waals surface area contributed by atoms with Gasteiger partial charge in [0.15, 0.2) is 0 Å². The molecule has 0 saturated heterocycles. The van der Waals surface area contributed by atoms with Crippen molar-refractivity contribution in [2.75, 3.05) is 0 Å². The highest BCUT2D eigenvalue weighted by molar-refractivity contribution is 6.21. The van der Waals surface area contributed by atoms with Crippen LogP contribution in [0.2, 0.25) is 0 Å².